The van der Waals surface area contributed by atoms with E-state index in [-0.39, 0.29) is 5.91 Å². The molecule has 5 nitrogen and oxygen atoms in total. The van der Waals surface area contributed by atoms with Crippen LogP contribution in [0.1, 0.15) is 27.2 Å². The molecular weight excluding hydrogens is 460 g/mol. The van der Waals surface area contributed by atoms with Crippen LogP contribution in [0, 0.1) is 0 Å². The van der Waals surface area contributed by atoms with Crippen molar-refractivity contribution in [2.24, 2.45) is 0 Å². The maximum Gasteiger partial charge on any atom is 0.257 e. The van der Waals surface area contributed by atoms with E-state index in [2.05, 4.69) is 17.1 Å². The molecule has 6 heteroatoms. The van der Waals surface area contributed by atoms with E-state index in [0.29, 0.717) is 35.8 Å². The fourth-order valence-electron chi connectivity index (χ4n) is 3.72. The lowest BCUT2D eigenvalue weighted by Gasteiger charge is -2.24. The van der Waals surface area contributed by atoms with Crippen LogP contribution in [0.25, 0.3) is 0 Å². The van der Waals surface area contributed by atoms with Crippen LogP contribution in [-0.2, 0) is 19.6 Å². The minimum Gasteiger partial charge on any atom is -0.496 e. The molecule has 0 fully saturated rings. The summed E-state index contributed by atoms with van der Waals surface area (Å²) in [5.74, 6) is 1.45. The van der Waals surface area contributed by atoms with Gasteiger partial charge in [0, 0.05) is 36.4 Å². The maximum absolute atomic E-state index is 13.2. The molecule has 3 heterocycles. The summed E-state index contributed by atoms with van der Waals surface area (Å²) < 4.78 is 10.6. The highest BCUT2D eigenvalue weighted by Crippen LogP contribution is 2.23. The third-order valence-corrected chi connectivity index (χ3v) is 6.01. The Morgan fingerprint density at radius 1 is 0.971 bits per heavy atom. The van der Waals surface area contributed by atoms with Crippen LogP contribution < -0.4 is 9.47 Å². The Balaban J connectivity index is 0.000000301. The van der Waals surface area contributed by atoms with E-state index in [1.165, 1.54) is 5.56 Å². The molecule has 0 saturated carbocycles. The molecule has 1 aromatic heterocycles. The monoisotopic (exact) mass is 486 g/mol. The van der Waals surface area contributed by atoms with Gasteiger partial charge in [-0.2, -0.15) is 0 Å². The van der Waals surface area contributed by atoms with Crippen molar-refractivity contribution in [3.63, 3.8) is 0 Å². The zero-order chi connectivity index (χ0) is 24.5. The van der Waals surface area contributed by atoms with E-state index in [9.17, 15) is 4.79 Å². The molecule has 0 unspecified atom stereocenters. The number of aromatic nitrogens is 1. The molecule has 178 valence electrons. The fourth-order valence-corrected chi connectivity index (χ4v) is 3.92. The van der Waals surface area contributed by atoms with E-state index in [4.69, 9.17) is 21.1 Å². The average Bonchev–Trinajstić information content (AvgIpc) is 2.93. The topological polar surface area (TPSA) is 51.7 Å². The van der Waals surface area contributed by atoms with Gasteiger partial charge in [0.05, 0.1) is 12.7 Å². The number of rotatable bonds is 7. The van der Waals surface area contributed by atoms with Gasteiger partial charge in [-0.15, -0.1) is 0 Å². The minimum atomic E-state index is -0.0942. The first-order valence-electron chi connectivity index (χ1n) is 11.4. The molecule has 6 rings (SSSR count). The number of para-hydroxylation sites is 1. The molecule has 4 aromatic rings. The Kier molecular flexibility index (Phi) is 8.36. The third kappa shape index (κ3) is 6.61. The summed E-state index contributed by atoms with van der Waals surface area (Å²) in [5.41, 5.74) is 3.64. The molecule has 2 aliphatic rings. The highest BCUT2D eigenvalue weighted by Gasteiger charge is 2.20. The van der Waals surface area contributed by atoms with E-state index >= 15 is 0 Å². The van der Waals surface area contributed by atoms with Gasteiger partial charge in [0.25, 0.3) is 5.91 Å². The summed E-state index contributed by atoms with van der Waals surface area (Å²) in [4.78, 5) is 19.4. The number of amides is 1. The molecule has 0 aliphatic carbocycles. The summed E-state index contributed by atoms with van der Waals surface area (Å²) in [7, 11) is 1.57. The van der Waals surface area contributed by atoms with Gasteiger partial charge < -0.3 is 14.4 Å². The Labute approximate surface area is 210 Å². The standard InChI is InChI=1S/C22H21ClN2O2.C7H6O/c1-27-21-12-5-3-10-19(21)22(26)25(15-13-18-9-6-7-14-24-18)16-17-8-2-4-11-20(17)23;1-3-7-4-2-6(1)5-8-7/h2-12,14H,13,15-16H2,1H3;1-4H,5H2. The van der Waals surface area contributed by atoms with E-state index < -0.39 is 0 Å². The van der Waals surface area contributed by atoms with Crippen molar-refractivity contribution in [2.45, 2.75) is 19.6 Å². The van der Waals surface area contributed by atoms with Crippen molar-refractivity contribution in [3.8, 4) is 11.5 Å². The molecule has 3 aromatic carbocycles. The van der Waals surface area contributed by atoms with Gasteiger partial charge in [-0.05, 0) is 53.6 Å². The van der Waals surface area contributed by atoms with Crippen molar-refractivity contribution in [1.29, 1.82) is 0 Å². The predicted molar refractivity (Wildman–Crippen MR) is 138 cm³/mol. The van der Waals surface area contributed by atoms with Crippen molar-refractivity contribution < 1.29 is 14.3 Å². The Morgan fingerprint density at radius 3 is 2.31 bits per heavy atom. The molecule has 0 saturated heterocycles. The number of carbonyl (C=O) groups is 1. The van der Waals surface area contributed by atoms with Gasteiger partial charge >= 0.3 is 0 Å². The highest BCUT2D eigenvalue weighted by molar-refractivity contribution is 6.31. The van der Waals surface area contributed by atoms with E-state index in [1.54, 1.807) is 30.3 Å². The molecule has 1 amide bonds. The van der Waals surface area contributed by atoms with Crippen molar-refractivity contribution in [3.05, 3.63) is 125 Å². The number of benzene rings is 3. The van der Waals surface area contributed by atoms with E-state index in [1.807, 2.05) is 66.7 Å². The number of hydrogen-bond acceptors (Lipinski definition) is 4. The fraction of sp³-hybridized carbons (Fsp3) is 0.172. The Morgan fingerprint density at radius 2 is 1.71 bits per heavy atom. The van der Waals surface area contributed by atoms with Crippen molar-refractivity contribution >= 4 is 17.5 Å². The van der Waals surface area contributed by atoms with Gasteiger partial charge in [0.1, 0.15) is 18.1 Å². The van der Waals surface area contributed by atoms with Crippen LogP contribution in [0.2, 0.25) is 5.02 Å². The van der Waals surface area contributed by atoms with Crippen LogP contribution >= 0.6 is 11.6 Å². The van der Waals surface area contributed by atoms with Crippen LogP contribution in [0.4, 0.5) is 0 Å². The van der Waals surface area contributed by atoms with Gasteiger partial charge in [0.15, 0.2) is 0 Å². The average molecular weight is 487 g/mol. The predicted octanol–water partition coefficient (Wildman–Crippen LogP) is 6.21. The summed E-state index contributed by atoms with van der Waals surface area (Å²) in [6.45, 7) is 1.71. The number of carbonyl (C=O) groups excluding carboxylic acids is 1. The molecule has 2 aliphatic heterocycles. The van der Waals surface area contributed by atoms with Crippen LogP contribution in [-0.4, -0.2) is 29.4 Å². The molecular formula is C29H27ClN2O3. The first-order chi connectivity index (χ1) is 17.1. The smallest absolute Gasteiger partial charge is 0.257 e. The van der Waals surface area contributed by atoms with Gasteiger partial charge in [-0.25, -0.2) is 0 Å². The first-order valence-corrected chi connectivity index (χ1v) is 11.8. The van der Waals surface area contributed by atoms with Crippen molar-refractivity contribution in [1.82, 2.24) is 9.88 Å². The molecule has 0 atom stereocenters. The molecule has 0 spiro atoms. The zero-order valence-corrected chi connectivity index (χ0v) is 20.3. The normalized spacial score (nSPS) is 11.1. The zero-order valence-electron chi connectivity index (χ0n) is 19.6. The molecule has 0 N–H and O–H groups in total. The van der Waals surface area contributed by atoms with Crippen LogP contribution in [0.15, 0.2) is 97.2 Å². The second kappa shape index (κ2) is 12.0. The number of nitrogens with zero attached hydrogens (tertiary/aromatic N) is 2. The first kappa shape index (κ1) is 24.3. The largest absolute Gasteiger partial charge is 0.496 e. The Hall–Kier alpha value is -3.83. The highest BCUT2D eigenvalue weighted by atomic mass is 35.5. The lowest BCUT2D eigenvalue weighted by Crippen LogP contribution is -2.33. The van der Waals surface area contributed by atoms with E-state index in [0.717, 1.165) is 23.6 Å². The maximum atomic E-state index is 13.2. The third-order valence-electron chi connectivity index (χ3n) is 5.64. The lowest BCUT2D eigenvalue weighted by molar-refractivity contribution is 0.0741. The number of hydrogen-bond donors (Lipinski definition) is 0. The molecule has 0 radical (unpaired) electrons. The summed E-state index contributed by atoms with van der Waals surface area (Å²) in [6.07, 6.45) is 2.42. The second-order valence-electron chi connectivity index (χ2n) is 8.02. The Bertz CT molecular complexity index is 1220. The van der Waals surface area contributed by atoms with Gasteiger partial charge in [-0.1, -0.05) is 60.1 Å². The molecule has 35 heavy (non-hydrogen) atoms. The number of methoxy groups -OCH3 is 1. The van der Waals surface area contributed by atoms with Crippen LogP contribution in [0.5, 0.6) is 11.5 Å². The quantitative estimate of drug-likeness (QED) is 0.312. The second-order valence-corrected chi connectivity index (χ2v) is 8.43. The molecule has 2 bridgehead atoms. The number of pyridine rings is 1. The van der Waals surface area contributed by atoms with Gasteiger partial charge in [-0.3, -0.25) is 9.78 Å². The number of fused-ring (bicyclic) bond motifs is 3. The number of halogens is 1. The van der Waals surface area contributed by atoms with Crippen molar-refractivity contribution in [2.75, 3.05) is 13.7 Å². The SMILES string of the molecule is COc1ccccc1C(=O)N(CCc1ccccn1)Cc1ccccc1Cl.c1cc2ccc1CO2. The number of ether oxygens (including phenoxy) is 2. The lowest BCUT2D eigenvalue weighted by atomic mass is 10.1. The minimum absolute atomic E-state index is 0.0942. The van der Waals surface area contributed by atoms with Gasteiger partial charge in [0.2, 0.25) is 0 Å². The summed E-state index contributed by atoms with van der Waals surface area (Å²) in [6, 6.07) is 28.8. The summed E-state index contributed by atoms with van der Waals surface area (Å²) >= 11 is 6.32. The summed E-state index contributed by atoms with van der Waals surface area (Å²) in [5, 5.41) is 0.646. The van der Waals surface area contributed by atoms with Crippen LogP contribution in [0.3, 0.4) is 0 Å².